The molecule has 7 heteroatoms. The quantitative estimate of drug-likeness (QED) is 0.733. The average Bonchev–Trinajstić information content (AvgIpc) is 2.98. The molecule has 0 bridgehead atoms. The zero-order chi connectivity index (χ0) is 18.8. The van der Waals surface area contributed by atoms with Crippen molar-refractivity contribution in [1.29, 1.82) is 0 Å². The molecule has 0 fully saturated rings. The van der Waals surface area contributed by atoms with Crippen molar-refractivity contribution in [1.82, 2.24) is 0 Å². The second-order valence-electron chi connectivity index (χ2n) is 5.60. The number of benzene rings is 2. The maximum absolute atomic E-state index is 12.6. The third-order valence-electron chi connectivity index (χ3n) is 4.05. The fraction of sp³-hybridized carbons (Fsp3) is 0.158. The van der Waals surface area contributed by atoms with E-state index in [4.69, 9.17) is 19.6 Å². The van der Waals surface area contributed by atoms with Crippen molar-refractivity contribution in [3.05, 3.63) is 53.3 Å². The number of carbonyl (C=O) groups excluding carboxylic acids is 2. The number of anilines is 1. The largest absolute Gasteiger partial charge is 0.496 e. The lowest BCUT2D eigenvalue weighted by atomic mass is 10.1. The predicted molar refractivity (Wildman–Crippen MR) is 97.0 cm³/mol. The molecule has 2 aromatic carbocycles. The van der Waals surface area contributed by atoms with E-state index in [1.165, 1.54) is 14.2 Å². The highest BCUT2D eigenvalue weighted by molar-refractivity contribution is 6.13. The lowest BCUT2D eigenvalue weighted by Gasteiger charge is -2.09. The third kappa shape index (κ3) is 2.83. The van der Waals surface area contributed by atoms with Gasteiger partial charge in [0, 0.05) is 17.3 Å². The molecule has 0 radical (unpaired) electrons. The summed E-state index contributed by atoms with van der Waals surface area (Å²) in [4.78, 5) is 24.6. The van der Waals surface area contributed by atoms with Crippen molar-refractivity contribution in [2.45, 2.75) is 6.92 Å². The average molecular weight is 354 g/mol. The molecule has 0 aliphatic rings. The van der Waals surface area contributed by atoms with Gasteiger partial charge in [-0.3, -0.25) is 9.59 Å². The Kier molecular flexibility index (Phi) is 4.53. The van der Waals surface area contributed by atoms with E-state index in [0.717, 1.165) is 0 Å². The molecule has 0 aliphatic carbocycles. The van der Waals surface area contributed by atoms with Gasteiger partial charge in [-0.05, 0) is 19.1 Å². The molecule has 3 N–H and O–H groups in total. The molecule has 0 aliphatic heterocycles. The number of nitrogens with one attached hydrogen (secondary N) is 1. The Bertz CT molecular complexity index is 992. The Labute approximate surface area is 149 Å². The summed E-state index contributed by atoms with van der Waals surface area (Å²) in [6.45, 7) is 1.71. The number of furan rings is 1. The van der Waals surface area contributed by atoms with Crippen LogP contribution in [-0.4, -0.2) is 26.0 Å². The molecule has 26 heavy (non-hydrogen) atoms. The zero-order valence-corrected chi connectivity index (χ0v) is 14.6. The van der Waals surface area contributed by atoms with Gasteiger partial charge in [0.2, 0.25) is 0 Å². The number of amides is 2. The van der Waals surface area contributed by atoms with Crippen molar-refractivity contribution in [2.24, 2.45) is 5.73 Å². The van der Waals surface area contributed by atoms with E-state index in [2.05, 4.69) is 5.32 Å². The van der Waals surface area contributed by atoms with Crippen LogP contribution in [0, 0.1) is 6.92 Å². The molecule has 3 aromatic rings. The first-order valence-corrected chi connectivity index (χ1v) is 7.82. The number of para-hydroxylation sites is 1. The van der Waals surface area contributed by atoms with Gasteiger partial charge in [-0.15, -0.1) is 0 Å². The van der Waals surface area contributed by atoms with Crippen LogP contribution in [0.4, 0.5) is 5.69 Å². The Morgan fingerprint density at radius 3 is 2.31 bits per heavy atom. The van der Waals surface area contributed by atoms with Crippen LogP contribution in [0.2, 0.25) is 0 Å². The summed E-state index contributed by atoms with van der Waals surface area (Å²) >= 11 is 0. The third-order valence-corrected chi connectivity index (χ3v) is 4.05. The van der Waals surface area contributed by atoms with Gasteiger partial charge in [-0.1, -0.05) is 18.2 Å². The van der Waals surface area contributed by atoms with Crippen LogP contribution in [0.5, 0.6) is 11.5 Å². The summed E-state index contributed by atoms with van der Waals surface area (Å²) in [5.41, 5.74) is 6.86. The van der Waals surface area contributed by atoms with Crippen LogP contribution in [0.25, 0.3) is 11.0 Å². The molecule has 7 nitrogen and oxygen atoms in total. The lowest BCUT2D eigenvalue weighted by molar-refractivity contribution is 0.0983. The van der Waals surface area contributed by atoms with Gasteiger partial charge in [0.05, 0.1) is 19.6 Å². The van der Waals surface area contributed by atoms with Crippen molar-refractivity contribution in [3.8, 4) is 11.5 Å². The number of ether oxygens (including phenoxy) is 2. The molecule has 0 saturated carbocycles. The fourth-order valence-corrected chi connectivity index (χ4v) is 2.84. The first kappa shape index (κ1) is 17.3. The number of carbonyl (C=O) groups is 2. The molecule has 0 atom stereocenters. The Morgan fingerprint density at radius 2 is 1.73 bits per heavy atom. The minimum absolute atomic E-state index is 0.0603. The highest BCUT2D eigenvalue weighted by atomic mass is 16.5. The van der Waals surface area contributed by atoms with E-state index < -0.39 is 11.8 Å². The molecule has 134 valence electrons. The van der Waals surface area contributed by atoms with Crippen LogP contribution in [-0.2, 0) is 0 Å². The maximum atomic E-state index is 12.6. The van der Waals surface area contributed by atoms with Crippen molar-refractivity contribution in [2.75, 3.05) is 19.5 Å². The van der Waals surface area contributed by atoms with Gasteiger partial charge >= 0.3 is 0 Å². The number of aryl methyl sites for hydroxylation is 1. The summed E-state index contributed by atoms with van der Waals surface area (Å²) < 4.78 is 16.3. The van der Waals surface area contributed by atoms with Crippen molar-refractivity contribution >= 4 is 28.5 Å². The molecular weight excluding hydrogens is 336 g/mol. The summed E-state index contributed by atoms with van der Waals surface area (Å²) in [5, 5.41) is 3.25. The summed E-state index contributed by atoms with van der Waals surface area (Å²) in [7, 11) is 2.89. The number of rotatable bonds is 5. The van der Waals surface area contributed by atoms with E-state index in [1.807, 2.05) is 6.07 Å². The van der Waals surface area contributed by atoms with Gasteiger partial charge < -0.3 is 24.9 Å². The number of hydrogen-bond acceptors (Lipinski definition) is 5. The predicted octanol–water partition coefficient (Wildman–Crippen LogP) is 3.11. The van der Waals surface area contributed by atoms with Crippen LogP contribution >= 0.6 is 0 Å². The van der Waals surface area contributed by atoms with Crippen molar-refractivity contribution < 1.29 is 23.5 Å². The van der Waals surface area contributed by atoms with E-state index in [0.29, 0.717) is 22.4 Å². The fourth-order valence-electron chi connectivity index (χ4n) is 2.84. The van der Waals surface area contributed by atoms with Gasteiger partial charge in [0.25, 0.3) is 11.8 Å². The minimum atomic E-state index is -0.724. The second-order valence-corrected chi connectivity index (χ2v) is 5.60. The smallest absolute Gasteiger partial charge is 0.291 e. The van der Waals surface area contributed by atoms with Gasteiger partial charge in [-0.25, -0.2) is 0 Å². The zero-order valence-electron chi connectivity index (χ0n) is 14.6. The van der Waals surface area contributed by atoms with E-state index in [-0.39, 0.29) is 22.7 Å². The highest BCUT2D eigenvalue weighted by Gasteiger charge is 2.27. The maximum Gasteiger partial charge on any atom is 0.291 e. The summed E-state index contributed by atoms with van der Waals surface area (Å²) in [6, 6.07) is 10.5. The second kappa shape index (κ2) is 6.79. The first-order valence-electron chi connectivity index (χ1n) is 7.82. The normalized spacial score (nSPS) is 10.6. The molecular formula is C19H18N2O5. The molecule has 0 unspecified atom stereocenters. The SMILES string of the molecule is COc1cc(OC)c2c(C)c(C(=O)Nc3ccccc3)oc2c1C(N)=O. The molecule has 0 saturated heterocycles. The van der Waals surface area contributed by atoms with Crippen LogP contribution < -0.4 is 20.5 Å². The van der Waals surface area contributed by atoms with Gasteiger partial charge in [0.1, 0.15) is 17.1 Å². The standard InChI is InChI=1S/C19H18N2O5/c1-10-14-12(24-2)9-13(25-3)15(18(20)22)17(14)26-16(10)19(23)21-11-7-5-4-6-8-11/h4-9H,1-3H3,(H2,20,22)(H,21,23). The van der Waals surface area contributed by atoms with Gasteiger partial charge in [0.15, 0.2) is 11.3 Å². The highest BCUT2D eigenvalue weighted by Crippen LogP contribution is 2.40. The van der Waals surface area contributed by atoms with Crippen molar-refractivity contribution in [3.63, 3.8) is 0 Å². The van der Waals surface area contributed by atoms with Crippen LogP contribution in [0.1, 0.15) is 26.5 Å². The number of primary amides is 1. The summed E-state index contributed by atoms with van der Waals surface area (Å²) in [5.74, 6) is -0.468. The Balaban J connectivity index is 2.19. The van der Waals surface area contributed by atoms with Crippen LogP contribution in [0.15, 0.2) is 40.8 Å². The topological polar surface area (TPSA) is 104 Å². The van der Waals surface area contributed by atoms with Gasteiger partial charge in [-0.2, -0.15) is 0 Å². The molecule has 0 spiro atoms. The molecule has 2 amide bonds. The minimum Gasteiger partial charge on any atom is -0.496 e. The number of fused-ring (bicyclic) bond motifs is 1. The number of nitrogens with two attached hydrogens (primary N) is 1. The molecule has 1 aromatic heterocycles. The first-order chi connectivity index (χ1) is 12.5. The van der Waals surface area contributed by atoms with E-state index >= 15 is 0 Å². The lowest BCUT2D eigenvalue weighted by Crippen LogP contribution is -2.13. The Morgan fingerprint density at radius 1 is 1.08 bits per heavy atom. The molecule has 3 rings (SSSR count). The summed E-state index contributed by atoms with van der Waals surface area (Å²) in [6.07, 6.45) is 0. The Hall–Kier alpha value is -3.48. The van der Waals surface area contributed by atoms with E-state index in [9.17, 15) is 9.59 Å². The number of methoxy groups -OCH3 is 2. The molecule has 1 heterocycles. The van der Waals surface area contributed by atoms with Crippen LogP contribution in [0.3, 0.4) is 0 Å². The monoisotopic (exact) mass is 354 g/mol. The number of hydrogen-bond donors (Lipinski definition) is 2. The van der Waals surface area contributed by atoms with E-state index in [1.54, 1.807) is 37.3 Å².